The summed E-state index contributed by atoms with van der Waals surface area (Å²) in [5.41, 5.74) is 1.34. The maximum Gasteiger partial charge on any atom is 0.178 e. The topological polar surface area (TPSA) is 107 Å². The number of H-pyrrole nitrogens is 1. The molecule has 1 amide bonds. The molecular formula is C9H8N5O2-. The molecule has 0 aliphatic carbocycles. The number of carboxylic acid groups (broad SMARTS) is 1. The Hall–Kier alpha value is -2.44. The molecule has 0 spiro atoms. The van der Waals surface area contributed by atoms with Crippen molar-refractivity contribution < 1.29 is 9.90 Å². The molecule has 16 heavy (non-hydrogen) atoms. The van der Waals surface area contributed by atoms with Crippen molar-refractivity contribution in [3.05, 3.63) is 35.7 Å². The Labute approximate surface area is 90.5 Å². The molecule has 1 heterocycles. The van der Waals surface area contributed by atoms with Gasteiger partial charge in [0.05, 0.1) is 0 Å². The number of nitrogens with one attached hydrogen (secondary N) is 2. The number of anilines is 1. The van der Waals surface area contributed by atoms with E-state index in [0.29, 0.717) is 17.9 Å². The zero-order chi connectivity index (χ0) is 11.4. The normalized spacial score (nSPS) is 10.0. The number of carbonyl (C=O) groups is 1. The molecule has 0 radical (unpaired) electrons. The van der Waals surface area contributed by atoms with Gasteiger partial charge < -0.3 is 15.2 Å². The molecule has 7 heteroatoms. The molecule has 2 N–H and O–H groups in total. The summed E-state index contributed by atoms with van der Waals surface area (Å²) in [4.78, 5) is 10.3. The molecule has 0 unspecified atom stereocenters. The van der Waals surface area contributed by atoms with Crippen molar-refractivity contribution in [2.45, 2.75) is 6.42 Å². The van der Waals surface area contributed by atoms with Gasteiger partial charge in [0.1, 0.15) is 6.09 Å². The summed E-state index contributed by atoms with van der Waals surface area (Å²) in [7, 11) is 0. The van der Waals surface area contributed by atoms with Crippen LogP contribution in [0.4, 0.5) is 10.5 Å². The number of benzene rings is 1. The van der Waals surface area contributed by atoms with Crippen LogP contribution in [-0.2, 0) is 6.42 Å². The van der Waals surface area contributed by atoms with E-state index in [-0.39, 0.29) is 0 Å². The summed E-state index contributed by atoms with van der Waals surface area (Å²) >= 11 is 0. The van der Waals surface area contributed by atoms with Crippen molar-refractivity contribution in [1.29, 1.82) is 0 Å². The minimum atomic E-state index is -1.34. The lowest BCUT2D eigenvalue weighted by Gasteiger charge is -2.07. The predicted octanol–water partition coefficient (Wildman–Crippen LogP) is -0.454. The minimum Gasteiger partial charge on any atom is -0.530 e. The van der Waals surface area contributed by atoms with Crippen LogP contribution < -0.4 is 10.4 Å². The SMILES string of the molecule is O=C([O-])Nc1cccc(Cc2nn[nH]n2)c1. The van der Waals surface area contributed by atoms with Gasteiger partial charge in [-0.3, -0.25) is 0 Å². The molecule has 1 aromatic heterocycles. The van der Waals surface area contributed by atoms with Gasteiger partial charge in [-0.05, 0) is 17.7 Å². The zero-order valence-electron chi connectivity index (χ0n) is 8.17. The fourth-order valence-corrected chi connectivity index (χ4v) is 1.32. The van der Waals surface area contributed by atoms with Gasteiger partial charge in [-0.2, -0.15) is 5.21 Å². The lowest BCUT2D eigenvalue weighted by Crippen LogP contribution is -2.28. The molecule has 0 saturated heterocycles. The van der Waals surface area contributed by atoms with E-state index in [1.165, 1.54) is 0 Å². The number of hydrogen-bond donors (Lipinski definition) is 2. The van der Waals surface area contributed by atoms with Crippen LogP contribution in [0.5, 0.6) is 0 Å². The Morgan fingerprint density at radius 3 is 3.06 bits per heavy atom. The highest BCUT2D eigenvalue weighted by Gasteiger charge is 2.01. The zero-order valence-corrected chi connectivity index (χ0v) is 8.17. The summed E-state index contributed by atoms with van der Waals surface area (Å²) in [5.74, 6) is 0.547. The van der Waals surface area contributed by atoms with Crippen molar-refractivity contribution in [2.75, 3.05) is 5.32 Å². The summed E-state index contributed by atoms with van der Waals surface area (Å²) < 4.78 is 0. The number of hydrogen-bond acceptors (Lipinski definition) is 5. The van der Waals surface area contributed by atoms with E-state index in [0.717, 1.165) is 5.56 Å². The van der Waals surface area contributed by atoms with Gasteiger partial charge in [-0.25, -0.2) is 0 Å². The van der Waals surface area contributed by atoms with Gasteiger partial charge in [0.2, 0.25) is 0 Å². The summed E-state index contributed by atoms with van der Waals surface area (Å²) in [6, 6.07) is 6.90. The van der Waals surface area contributed by atoms with E-state index >= 15 is 0 Å². The second kappa shape index (κ2) is 4.39. The van der Waals surface area contributed by atoms with Crippen LogP contribution in [0.3, 0.4) is 0 Å². The fraction of sp³-hybridized carbons (Fsp3) is 0.111. The van der Waals surface area contributed by atoms with E-state index < -0.39 is 6.09 Å². The molecule has 0 atom stereocenters. The van der Waals surface area contributed by atoms with Crippen LogP contribution >= 0.6 is 0 Å². The number of amides is 1. The number of tetrazole rings is 1. The Bertz CT molecular complexity index is 482. The quantitative estimate of drug-likeness (QED) is 0.725. The lowest BCUT2D eigenvalue weighted by atomic mass is 10.1. The summed E-state index contributed by atoms with van der Waals surface area (Å²) in [5, 5.41) is 25.9. The third kappa shape index (κ3) is 2.53. The third-order valence-electron chi connectivity index (χ3n) is 1.92. The van der Waals surface area contributed by atoms with Crippen LogP contribution in [0.1, 0.15) is 11.4 Å². The second-order valence-corrected chi connectivity index (χ2v) is 3.12. The van der Waals surface area contributed by atoms with Gasteiger partial charge in [0.15, 0.2) is 5.82 Å². The highest BCUT2D eigenvalue weighted by Crippen LogP contribution is 2.12. The Morgan fingerprint density at radius 2 is 2.38 bits per heavy atom. The monoisotopic (exact) mass is 218 g/mol. The van der Waals surface area contributed by atoms with Crippen molar-refractivity contribution >= 4 is 11.8 Å². The molecule has 1 aromatic carbocycles. The van der Waals surface area contributed by atoms with Gasteiger partial charge in [-0.15, -0.1) is 10.2 Å². The lowest BCUT2D eigenvalue weighted by molar-refractivity contribution is -0.242. The van der Waals surface area contributed by atoms with Gasteiger partial charge in [0, 0.05) is 12.1 Å². The maximum absolute atomic E-state index is 10.3. The summed E-state index contributed by atoms with van der Waals surface area (Å²) in [6.07, 6.45) is -0.851. The van der Waals surface area contributed by atoms with E-state index in [4.69, 9.17) is 0 Å². The molecule has 2 aromatic rings. The van der Waals surface area contributed by atoms with Crippen LogP contribution in [0.2, 0.25) is 0 Å². The Kier molecular flexibility index (Phi) is 2.77. The average molecular weight is 218 g/mol. The van der Waals surface area contributed by atoms with Crippen LogP contribution in [-0.4, -0.2) is 26.7 Å². The maximum atomic E-state index is 10.3. The standard InChI is InChI=1S/C9H9N5O2/c15-9(16)10-7-3-1-2-6(4-7)5-8-11-13-14-12-8/h1-4,10H,5H2,(H,15,16)(H,11,12,13,14)/p-1. The van der Waals surface area contributed by atoms with E-state index in [9.17, 15) is 9.90 Å². The predicted molar refractivity (Wildman–Crippen MR) is 52.4 cm³/mol. The first-order chi connectivity index (χ1) is 7.74. The molecule has 82 valence electrons. The average Bonchev–Trinajstić information content (AvgIpc) is 2.70. The number of aromatic amines is 1. The van der Waals surface area contributed by atoms with Gasteiger partial charge >= 0.3 is 0 Å². The molecule has 0 saturated carbocycles. The first kappa shape index (κ1) is 10.1. The molecule has 0 fully saturated rings. The smallest absolute Gasteiger partial charge is 0.178 e. The van der Waals surface area contributed by atoms with Crippen LogP contribution in [0.15, 0.2) is 24.3 Å². The molecule has 0 aliphatic heterocycles. The highest BCUT2D eigenvalue weighted by atomic mass is 16.4. The van der Waals surface area contributed by atoms with Crippen molar-refractivity contribution in [2.24, 2.45) is 0 Å². The first-order valence-corrected chi connectivity index (χ1v) is 4.53. The number of nitrogens with zero attached hydrogens (tertiary/aromatic N) is 3. The Balaban J connectivity index is 2.13. The second-order valence-electron chi connectivity index (χ2n) is 3.12. The Morgan fingerprint density at radius 1 is 1.50 bits per heavy atom. The fourth-order valence-electron chi connectivity index (χ4n) is 1.32. The molecule has 0 aliphatic rings. The van der Waals surface area contributed by atoms with E-state index in [2.05, 4.69) is 25.9 Å². The highest BCUT2D eigenvalue weighted by molar-refractivity contribution is 5.81. The third-order valence-corrected chi connectivity index (χ3v) is 1.92. The molecule has 2 rings (SSSR count). The van der Waals surface area contributed by atoms with Crippen molar-refractivity contribution in [3.8, 4) is 0 Å². The van der Waals surface area contributed by atoms with E-state index in [1.54, 1.807) is 18.2 Å². The van der Waals surface area contributed by atoms with Gasteiger partial charge in [0.25, 0.3) is 0 Å². The first-order valence-electron chi connectivity index (χ1n) is 4.53. The number of carbonyl (C=O) groups excluding carboxylic acids is 1. The number of aromatic nitrogens is 4. The summed E-state index contributed by atoms with van der Waals surface area (Å²) in [6.45, 7) is 0. The van der Waals surface area contributed by atoms with Crippen molar-refractivity contribution in [3.63, 3.8) is 0 Å². The number of rotatable bonds is 3. The largest absolute Gasteiger partial charge is 0.530 e. The molecule has 7 nitrogen and oxygen atoms in total. The molecular weight excluding hydrogens is 210 g/mol. The molecule has 0 bridgehead atoms. The van der Waals surface area contributed by atoms with E-state index in [1.807, 2.05) is 6.07 Å². The minimum absolute atomic E-state index is 0.459. The van der Waals surface area contributed by atoms with Crippen LogP contribution in [0, 0.1) is 0 Å². The van der Waals surface area contributed by atoms with Gasteiger partial charge in [-0.1, -0.05) is 17.3 Å². The van der Waals surface area contributed by atoms with Crippen molar-refractivity contribution in [1.82, 2.24) is 20.6 Å². The van der Waals surface area contributed by atoms with Crippen LogP contribution in [0.25, 0.3) is 0 Å².